The van der Waals surface area contributed by atoms with E-state index in [9.17, 15) is 30.3 Å². The van der Waals surface area contributed by atoms with E-state index in [0.29, 0.717) is 24.7 Å². The van der Waals surface area contributed by atoms with E-state index in [0.717, 1.165) is 38.5 Å². The Bertz CT molecular complexity index is 1260. The number of esters is 1. The third-order valence-electron chi connectivity index (χ3n) is 15.6. The summed E-state index contributed by atoms with van der Waals surface area (Å²) in [5.74, 6) is 0.506. The topological polar surface area (TPSA) is 146 Å². The number of ether oxygens (including phenoxy) is 3. The molecular weight excluding hydrogens is 576 g/mol. The van der Waals surface area contributed by atoms with Crippen LogP contribution < -0.4 is 0 Å². The summed E-state index contributed by atoms with van der Waals surface area (Å²) in [6.07, 6.45) is 1.63. The van der Waals surface area contributed by atoms with Gasteiger partial charge in [-0.3, -0.25) is 4.79 Å². The van der Waals surface area contributed by atoms with Gasteiger partial charge in [0.05, 0.1) is 18.8 Å². The molecule has 9 nitrogen and oxygen atoms in total. The number of rotatable bonds is 3. The maximum Gasteiger partial charge on any atom is 0.315 e. The number of hydrogen-bond acceptors (Lipinski definition) is 9. The van der Waals surface area contributed by atoms with Crippen molar-refractivity contribution in [3.05, 3.63) is 11.6 Å². The number of carbonyl (C=O) groups is 1. The number of aliphatic hydroxyl groups excluding tert-OH is 5. The Labute approximate surface area is 267 Å². The minimum atomic E-state index is -1.46. The molecule has 0 radical (unpaired) electrons. The van der Waals surface area contributed by atoms with E-state index in [1.54, 1.807) is 0 Å². The second-order valence-electron chi connectivity index (χ2n) is 18.1. The molecule has 2 aliphatic heterocycles. The van der Waals surface area contributed by atoms with Gasteiger partial charge in [0.1, 0.15) is 35.9 Å². The number of allylic oxidation sites excluding steroid dienone is 2. The quantitative estimate of drug-likeness (QED) is 0.179. The molecule has 5 aliphatic carbocycles. The normalized spacial score (nSPS) is 56.2. The summed E-state index contributed by atoms with van der Waals surface area (Å²) in [4.78, 5) is 13.5. The van der Waals surface area contributed by atoms with Crippen molar-refractivity contribution in [2.24, 2.45) is 50.2 Å². The Morgan fingerprint density at radius 2 is 1.60 bits per heavy atom. The van der Waals surface area contributed by atoms with E-state index >= 15 is 0 Å². The third kappa shape index (κ3) is 4.01. The zero-order valence-electron chi connectivity index (χ0n) is 28.2. The van der Waals surface area contributed by atoms with Crippen molar-refractivity contribution < 1.29 is 44.5 Å². The van der Waals surface area contributed by atoms with Crippen LogP contribution in [0.25, 0.3) is 0 Å². The predicted molar refractivity (Wildman–Crippen MR) is 164 cm³/mol. The summed E-state index contributed by atoms with van der Waals surface area (Å²) in [7, 11) is 0. The molecule has 15 unspecified atom stereocenters. The van der Waals surface area contributed by atoms with E-state index in [-0.39, 0.29) is 51.2 Å². The maximum absolute atomic E-state index is 13.5. The van der Waals surface area contributed by atoms with Gasteiger partial charge in [-0.15, -0.1) is 0 Å². The van der Waals surface area contributed by atoms with Crippen LogP contribution in [-0.2, 0) is 19.0 Å². The summed E-state index contributed by atoms with van der Waals surface area (Å²) in [6.45, 7) is 15.7. The van der Waals surface area contributed by atoms with Crippen molar-refractivity contribution in [2.45, 2.75) is 149 Å². The first-order chi connectivity index (χ1) is 20.9. The van der Waals surface area contributed by atoms with E-state index < -0.39 is 48.8 Å². The Kier molecular flexibility index (Phi) is 7.21. The lowest BCUT2D eigenvalue weighted by Gasteiger charge is -2.71. The van der Waals surface area contributed by atoms with Crippen LogP contribution in [0.15, 0.2) is 11.6 Å². The molecule has 254 valence electrons. The minimum absolute atomic E-state index is 0.0000861. The summed E-state index contributed by atoms with van der Waals surface area (Å²) in [5.41, 5.74) is -0.141. The molecular formula is C36H56O9. The molecule has 2 heterocycles. The monoisotopic (exact) mass is 632 g/mol. The van der Waals surface area contributed by atoms with Crippen LogP contribution in [0.5, 0.6) is 0 Å². The summed E-state index contributed by atoms with van der Waals surface area (Å²) >= 11 is 0. The van der Waals surface area contributed by atoms with Gasteiger partial charge < -0.3 is 39.7 Å². The molecule has 45 heavy (non-hydrogen) atoms. The van der Waals surface area contributed by atoms with Crippen LogP contribution >= 0.6 is 0 Å². The number of aliphatic hydroxyl groups is 5. The van der Waals surface area contributed by atoms with Crippen molar-refractivity contribution in [1.29, 1.82) is 0 Å². The highest BCUT2D eigenvalue weighted by molar-refractivity contribution is 5.82. The Hall–Kier alpha value is -1.07. The summed E-state index contributed by atoms with van der Waals surface area (Å²) < 4.78 is 18.2. The van der Waals surface area contributed by atoms with Gasteiger partial charge in [0.25, 0.3) is 0 Å². The first-order valence-corrected chi connectivity index (χ1v) is 17.4. The third-order valence-corrected chi connectivity index (χ3v) is 15.6. The summed E-state index contributed by atoms with van der Waals surface area (Å²) in [5, 5.41) is 53.0. The van der Waals surface area contributed by atoms with Crippen LogP contribution in [0.4, 0.5) is 0 Å². The van der Waals surface area contributed by atoms with Crippen LogP contribution in [0, 0.1) is 50.2 Å². The molecule has 7 rings (SSSR count). The lowest BCUT2D eigenvalue weighted by molar-refractivity contribution is -0.330. The fourth-order valence-corrected chi connectivity index (χ4v) is 12.7. The van der Waals surface area contributed by atoms with Gasteiger partial charge in [-0.1, -0.05) is 60.1 Å². The predicted octanol–water partition coefficient (Wildman–Crippen LogP) is 3.48. The molecule has 4 saturated carbocycles. The molecule has 0 aromatic rings. The number of carbonyl (C=O) groups excluding carboxylic acids is 1. The molecule has 0 amide bonds. The fourth-order valence-electron chi connectivity index (χ4n) is 12.7. The zero-order chi connectivity index (χ0) is 32.7. The highest BCUT2D eigenvalue weighted by Crippen LogP contribution is 2.76. The molecule has 9 heteroatoms. The Morgan fingerprint density at radius 1 is 0.889 bits per heavy atom. The van der Waals surface area contributed by atoms with Gasteiger partial charge >= 0.3 is 5.97 Å². The van der Waals surface area contributed by atoms with Crippen LogP contribution in [0.2, 0.25) is 0 Å². The molecule has 0 aromatic carbocycles. The van der Waals surface area contributed by atoms with Gasteiger partial charge in [-0.05, 0) is 84.4 Å². The number of fused-ring (bicyclic) bond motifs is 7. The highest BCUT2D eigenvalue weighted by atomic mass is 16.7. The molecule has 15 atom stereocenters. The standard InChI is InChI=1S/C36H56O9/c1-31(2)14-19-18-8-9-22-33(5)12-11-24(44-29-28(41)27(40)26(39)20(17-37)43-29)32(3,4)21(33)10-13-34(22,6)35(18,7)15-23(38)36(19)16-25(31)45-30(36)42/h8,19-29,37-41H,9-17H2,1-7H3. The smallest absolute Gasteiger partial charge is 0.315 e. The second-order valence-corrected chi connectivity index (χ2v) is 18.1. The molecule has 2 bridgehead atoms. The van der Waals surface area contributed by atoms with Gasteiger partial charge in [0.15, 0.2) is 6.29 Å². The first-order valence-electron chi connectivity index (χ1n) is 17.4. The lowest BCUT2D eigenvalue weighted by atomic mass is 9.33. The van der Waals surface area contributed by atoms with Crippen LogP contribution in [-0.4, -0.2) is 87.1 Å². The zero-order valence-corrected chi connectivity index (χ0v) is 28.2. The van der Waals surface area contributed by atoms with Crippen molar-refractivity contribution in [3.8, 4) is 0 Å². The van der Waals surface area contributed by atoms with Crippen molar-refractivity contribution in [1.82, 2.24) is 0 Å². The summed E-state index contributed by atoms with van der Waals surface area (Å²) in [6, 6.07) is 0. The number of hydrogen-bond donors (Lipinski definition) is 5. The van der Waals surface area contributed by atoms with E-state index in [2.05, 4.69) is 54.5 Å². The van der Waals surface area contributed by atoms with Gasteiger partial charge in [-0.2, -0.15) is 0 Å². The minimum Gasteiger partial charge on any atom is -0.461 e. The largest absolute Gasteiger partial charge is 0.461 e. The van der Waals surface area contributed by atoms with Crippen LogP contribution in [0.3, 0.4) is 0 Å². The molecule has 0 aromatic heterocycles. The van der Waals surface area contributed by atoms with E-state index in [4.69, 9.17) is 14.2 Å². The van der Waals surface area contributed by atoms with E-state index in [1.165, 1.54) is 5.57 Å². The van der Waals surface area contributed by atoms with Gasteiger partial charge in [-0.25, -0.2) is 0 Å². The highest BCUT2D eigenvalue weighted by Gasteiger charge is 2.74. The van der Waals surface area contributed by atoms with Crippen molar-refractivity contribution in [3.63, 3.8) is 0 Å². The van der Waals surface area contributed by atoms with E-state index in [1.807, 2.05) is 0 Å². The SMILES string of the molecule is CC1(C)CC2C3=CCC4C5(C)CCC(OC6OC(CO)C(O)C(O)C6O)C(C)(C)C5CCC4(C)C3(C)CC(O)C23CC1OC3=O. The Balaban J connectivity index is 1.19. The van der Waals surface area contributed by atoms with Gasteiger partial charge in [0, 0.05) is 11.8 Å². The molecule has 2 saturated heterocycles. The Morgan fingerprint density at radius 3 is 2.29 bits per heavy atom. The second kappa shape index (κ2) is 9.99. The molecule has 1 spiro atoms. The molecule has 7 aliphatic rings. The molecule has 5 N–H and O–H groups in total. The first kappa shape index (κ1) is 32.5. The maximum atomic E-state index is 13.5. The fraction of sp³-hybridized carbons (Fsp3) is 0.917. The average Bonchev–Trinajstić information content (AvgIpc) is 3.28. The average molecular weight is 633 g/mol. The van der Waals surface area contributed by atoms with Crippen molar-refractivity contribution >= 4 is 5.97 Å². The lowest BCUT2D eigenvalue weighted by Crippen LogP contribution is -2.67. The van der Waals surface area contributed by atoms with Gasteiger partial charge in [0.2, 0.25) is 0 Å². The van der Waals surface area contributed by atoms with Crippen LogP contribution in [0.1, 0.15) is 99.8 Å². The van der Waals surface area contributed by atoms with Crippen molar-refractivity contribution in [2.75, 3.05) is 6.61 Å². The molecule has 6 fully saturated rings.